The van der Waals surface area contributed by atoms with Crippen LogP contribution in [-0.4, -0.2) is 39.5 Å². The summed E-state index contributed by atoms with van der Waals surface area (Å²) in [6.07, 6.45) is 0.624. The topological polar surface area (TPSA) is 72.6 Å². The minimum absolute atomic E-state index is 0.0142. The van der Waals surface area contributed by atoms with Gasteiger partial charge in [-0.1, -0.05) is 29.8 Å². The molecule has 0 aliphatic rings. The highest BCUT2D eigenvalue weighted by Crippen LogP contribution is 2.26. The highest BCUT2D eigenvalue weighted by Gasteiger charge is 2.22. The largest absolute Gasteiger partial charge is 0.497 e. The lowest BCUT2D eigenvalue weighted by atomic mass is 10.0. The van der Waals surface area contributed by atoms with Gasteiger partial charge in [-0.15, -0.1) is 0 Å². The number of nitrogens with zero attached hydrogens (tertiary/aromatic N) is 1. The molecule has 0 heterocycles. The fraction of sp³-hybridized carbons (Fsp3) is 0.571. The van der Waals surface area contributed by atoms with Crippen molar-refractivity contribution in [3.8, 4) is 5.75 Å². The molecule has 7 heteroatoms. The first-order valence-corrected chi connectivity index (χ1v) is 8.98. The molecule has 0 spiro atoms. The predicted molar refractivity (Wildman–Crippen MR) is 87.9 cm³/mol. The summed E-state index contributed by atoms with van der Waals surface area (Å²) >= 11 is 3.29. The van der Waals surface area contributed by atoms with Crippen LogP contribution >= 0.6 is 15.9 Å². The average molecular weight is 379 g/mol. The smallest absolute Gasteiger partial charge is 0.242 e. The Kier molecular flexibility index (Phi) is 6.65. The van der Waals surface area contributed by atoms with Crippen molar-refractivity contribution in [2.45, 2.75) is 31.2 Å². The van der Waals surface area contributed by atoms with E-state index >= 15 is 0 Å². The molecule has 1 aromatic rings. The van der Waals surface area contributed by atoms with E-state index in [4.69, 9.17) is 10.5 Å². The number of rotatable bonds is 7. The Balaban J connectivity index is 2.92. The van der Waals surface area contributed by atoms with Crippen LogP contribution in [0.5, 0.6) is 5.75 Å². The molecule has 0 bridgehead atoms. The van der Waals surface area contributed by atoms with Gasteiger partial charge in [-0.2, -0.15) is 0 Å². The Morgan fingerprint density at radius 3 is 2.48 bits per heavy atom. The molecule has 0 fully saturated rings. The maximum absolute atomic E-state index is 12.5. The highest BCUT2D eigenvalue weighted by molar-refractivity contribution is 9.10. The average Bonchev–Trinajstić information content (AvgIpc) is 2.43. The Hall–Kier alpha value is -0.630. The van der Waals surface area contributed by atoms with Crippen LogP contribution in [0.3, 0.4) is 0 Å². The third-order valence-corrected chi connectivity index (χ3v) is 5.71. The van der Waals surface area contributed by atoms with Crippen molar-refractivity contribution < 1.29 is 13.2 Å². The van der Waals surface area contributed by atoms with Crippen LogP contribution in [0.2, 0.25) is 0 Å². The van der Waals surface area contributed by atoms with Gasteiger partial charge >= 0.3 is 0 Å². The summed E-state index contributed by atoms with van der Waals surface area (Å²) < 4.78 is 32.2. The lowest BCUT2D eigenvalue weighted by molar-refractivity contribution is 0.396. The first-order valence-electron chi connectivity index (χ1n) is 6.75. The van der Waals surface area contributed by atoms with Crippen molar-refractivity contribution >= 4 is 26.0 Å². The second-order valence-electron chi connectivity index (χ2n) is 5.35. The molecule has 0 aromatic heterocycles. The Morgan fingerprint density at radius 1 is 1.33 bits per heavy atom. The number of hydrogen-bond donors (Lipinski definition) is 1. The first kappa shape index (κ1) is 18.4. The van der Waals surface area contributed by atoms with Gasteiger partial charge < -0.3 is 10.5 Å². The zero-order valence-electron chi connectivity index (χ0n) is 12.8. The number of methoxy groups -OCH3 is 1. The van der Waals surface area contributed by atoms with E-state index < -0.39 is 10.0 Å². The number of nitrogens with two attached hydrogens (primary N) is 1. The van der Waals surface area contributed by atoms with E-state index in [-0.39, 0.29) is 10.9 Å². The van der Waals surface area contributed by atoms with Gasteiger partial charge in [-0.25, -0.2) is 12.7 Å². The van der Waals surface area contributed by atoms with Crippen molar-refractivity contribution in [3.63, 3.8) is 0 Å². The van der Waals surface area contributed by atoms with E-state index in [1.165, 1.54) is 17.5 Å². The van der Waals surface area contributed by atoms with Gasteiger partial charge in [0, 0.05) is 30.2 Å². The third-order valence-electron chi connectivity index (χ3n) is 3.42. The number of ether oxygens (including phenoxy) is 1. The van der Waals surface area contributed by atoms with Crippen LogP contribution in [0.4, 0.5) is 0 Å². The van der Waals surface area contributed by atoms with E-state index in [1.807, 2.05) is 13.8 Å². The van der Waals surface area contributed by atoms with Gasteiger partial charge in [0.1, 0.15) is 5.75 Å². The maximum atomic E-state index is 12.5. The molecule has 0 aliphatic heterocycles. The van der Waals surface area contributed by atoms with Crippen LogP contribution in [0.1, 0.15) is 20.3 Å². The SMILES string of the molecule is COc1cc(Br)cc(S(=O)(=O)N(C)CCC(N)C(C)C)c1. The van der Waals surface area contributed by atoms with E-state index in [0.29, 0.717) is 29.1 Å². The lowest BCUT2D eigenvalue weighted by Gasteiger charge is -2.21. The van der Waals surface area contributed by atoms with Crippen LogP contribution in [0.15, 0.2) is 27.6 Å². The Bertz CT molecular complexity index is 576. The molecule has 1 atom stereocenters. The Labute approximate surface area is 135 Å². The molecule has 120 valence electrons. The summed E-state index contributed by atoms with van der Waals surface area (Å²) in [5.41, 5.74) is 5.97. The summed E-state index contributed by atoms with van der Waals surface area (Å²) in [5.74, 6) is 0.822. The van der Waals surface area contributed by atoms with Crippen LogP contribution in [-0.2, 0) is 10.0 Å². The minimum Gasteiger partial charge on any atom is -0.497 e. The second-order valence-corrected chi connectivity index (χ2v) is 8.31. The van der Waals surface area contributed by atoms with Crippen molar-refractivity contribution in [1.29, 1.82) is 0 Å². The predicted octanol–water partition coefficient (Wildman–Crippen LogP) is 2.45. The van der Waals surface area contributed by atoms with E-state index in [9.17, 15) is 8.42 Å². The van der Waals surface area contributed by atoms with Gasteiger partial charge in [-0.05, 0) is 24.5 Å². The number of benzene rings is 1. The van der Waals surface area contributed by atoms with Crippen molar-refractivity contribution in [2.75, 3.05) is 20.7 Å². The molecule has 0 saturated carbocycles. The number of hydrogen-bond acceptors (Lipinski definition) is 4. The molecule has 0 aliphatic carbocycles. The molecule has 1 rings (SSSR count). The first-order chi connectivity index (χ1) is 9.68. The van der Waals surface area contributed by atoms with Gasteiger partial charge in [0.05, 0.1) is 12.0 Å². The van der Waals surface area contributed by atoms with Crippen molar-refractivity contribution in [3.05, 3.63) is 22.7 Å². The second kappa shape index (κ2) is 7.58. The molecule has 0 amide bonds. The third kappa shape index (κ3) is 4.95. The quantitative estimate of drug-likeness (QED) is 0.790. The molecule has 2 N–H and O–H groups in total. The normalized spacial score (nSPS) is 13.7. The molecule has 0 saturated heterocycles. The van der Waals surface area contributed by atoms with E-state index in [0.717, 1.165) is 0 Å². The molecule has 21 heavy (non-hydrogen) atoms. The van der Waals surface area contributed by atoms with Crippen molar-refractivity contribution in [2.24, 2.45) is 11.7 Å². The highest BCUT2D eigenvalue weighted by atomic mass is 79.9. The zero-order valence-corrected chi connectivity index (χ0v) is 15.2. The lowest BCUT2D eigenvalue weighted by Crippen LogP contribution is -2.34. The maximum Gasteiger partial charge on any atom is 0.242 e. The number of halogens is 1. The summed E-state index contributed by atoms with van der Waals surface area (Å²) in [6.45, 7) is 4.44. The fourth-order valence-electron chi connectivity index (χ4n) is 1.77. The van der Waals surface area contributed by atoms with Gasteiger partial charge in [-0.3, -0.25) is 0 Å². The molecular formula is C14H23BrN2O3S. The van der Waals surface area contributed by atoms with E-state index in [1.54, 1.807) is 19.2 Å². The molecule has 5 nitrogen and oxygen atoms in total. The fourth-order valence-corrected chi connectivity index (χ4v) is 3.64. The minimum atomic E-state index is -3.55. The molecule has 1 aromatic carbocycles. The Morgan fingerprint density at radius 2 is 1.95 bits per heavy atom. The van der Waals surface area contributed by atoms with Crippen LogP contribution < -0.4 is 10.5 Å². The van der Waals surface area contributed by atoms with E-state index in [2.05, 4.69) is 15.9 Å². The molecular weight excluding hydrogens is 356 g/mol. The summed E-state index contributed by atoms with van der Waals surface area (Å²) in [6, 6.07) is 4.78. The van der Waals surface area contributed by atoms with Gasteiger partial charge in [0.2, 0.25) is 10.0 Å². The summed E-state index contributed by atoms with van der Waals surface area (Å²) in [4.78, 5) is 0.203. The summed E-state index contributed by atoms with van der Waals surface area (Å²) in [5, 5.41) is 0. The standard InChI is InChI=1S/C14H23BrN2O3S/c1-10(2)14(16)5-6-17(3)21(18,19)13-8-11(15)7-12(9-13)20-4/h7-10,14H,5-6,16H2,1-4H3. The monoisotopic (exact) mass is 378 g/mol. The van der Waals surface area contributed by atoms with Crippen molar-refractivity contribution in [1.82, 2.24) is 4.31 Å². The van der Waals surface area contributed by atoms with Crippen LogP contribution in [0.25, 0.3) is 0 Å². The zero-order chi connectivity index (χ0) is 16.2. The van der Waals surface area contributed by atoms with Gasteiger partial charge in [0.25, 0.3) is 0 Å². The molecule has 1 unspecified atom stereocenters. The number of sulfonamides is 1. The van der Waals surface area contributed by atoms with Gasteiger partial charge in [0.15, 0.2) is 0 Å². The summed E-state index contributed by atoms with van der Waals surface area (Å²) in [7, 11) is -0.479. The van der Waals surface area contributed by atoms with Crippen LogP contribution in [0, 0.1) is 5.92 Å². The molecule has 0 radical (unpaired) electrons.